The van der Waals surface area contributed by atoms with Gasteiger partial charge in [0.2, 0.25) is 0 Å². The highest BCUT2D eigenvalue weighted by atomic mass is 16.5. The number of ether oxygens (including phenoxy) is 3. The number of benzene rings is 3. The molecule has 0 saturated heterocycles. The standard InChI is InChI=1S/C28H28N2O4/c1-4-15-33-27-17-26(32-3)12-9-22(27)16-23(18-29)28(31)30-24-10-13-25(14-11-24)34-19-21-7-5-20(2)6-8-21/h5-14,16-17H,4,15,19H2,1-3H3,(H,30,31)/b23-16+. The van der Waals surface area contributed by atoms with Gasteiger partial charge in [-0.05, 0) is 61.4 Å². The first-order chi connectivity index (χ1) is 16.5. The third-order valence-corrected chi connectivity index (χ3v) is 4.99. The molecular formula is C28H28N2O4. The van der Waals surface area contributed by atoms with Gasteiger partial charge in [0.05, 0.1) is 13.7 Å². The smallest absolute Gasteiger partial charge is 0.266 e. The highest BCUT2D eigenvalue weighted by Gasteiger charge is 2.12. The fourth-order valence-corrected chi connectivity index (χ4v) is 3.09. The molecule has 0 spiro atoms. The Morgan fingerprint density at radius 1 is 1.00 bits per heavy atom. The maximum absolute atomic E-state index is 12.7. The number of carbonyl (C=O) groups is 1. The second-order valence-corrected chi connectivity index (χ2v) is 7.67. The molecule has 0 aliphatic rings. The van der Waals surface area contributed by atoms with Crippen molar-refractivity contribution in [3.05, 3.63) is 89.0 Å². The SMILES string of the molecule is CCCOc1cc(OC)ccc1/C=C(\C#N)C(=O)Nc1ccc(OCc2ccc(C)cc2)cc1. The molecule has 1 N–H and O–H groups in total. The number of amides is 1. The summed E-state index contributed by atoms with van der Waals surface area (Å²) in [6.07, 6.45) is 2.34. The van der Waals surface area contributed by atoms with Gasteiger partial charge in [-0.1, -0.05) is 36.8 Å². The Balaban J connectivity index is 1.67. The van der Waals surface area contributed by atoms with E-state index in [9.17, 15) is 10.1 Å². The summed E-state index contributed by atoms with van der Waals surface area (Å²) in [6, 6.07) is 22.4. The molecular weight excluding hydrogens is 428 g/mol. The van der Waals surface area contributed by atoms with E-state index in [2.05, 4.69) is 5.32 Å². The predicted molar refractivity (Wildman–Crippen MR) is 133 cm³/mol. The molecule has 0 atom stereocenters. The zero-order valence-corrected chi connectivity index (χ0v) is 19.6. The number of nitrogens with zero attached hydrogens (tertiary/aromatic N) is 1. The third kappa shape index (κ3) is 6.88. The summed E-state index contributed by atoms with van der Waals surface area (Å²) >= 11 is 0. The van der Waals surface area contributed by atoms with Crippen molar-refractivity contribution in [2.45, 2.75) is 26.9 Å². The molecule has 0 aliphatic carbocycles. The van der Waals surface area contributed by atoms with Crippen LogP contribution in [0.4, 0.5) is 5.69 Å². The lowest BCUT2D eigenvalue weighted by Gasteiger charge is -2.11. The molecule has 34 heavy (non-hydrogen) atoms. The number of carbonyl (C=O) groups excluding carboxylic acids is 1. The van der Waals surface area contributed by atoms with E-state index in [1.54, 1.807) is 49.6 Å². The molecule has 0 aliphatic heterocycles. The molecule has 0 unspecified atom stereocenters. The number of aryl methyl sites for hydroxylation is 1. The molecule has 174 valence electrons. The summed E-state index contributed by atoms with van der Waals surface area (Å²) in [6.45, 7) is 5.02. The fourth-order valence-electron chi connectivity index (χ4n) is 3.09. The number of methoxy groups -OCH3 is 1. The Morgan fingerprint density at radius 2 is 1.71 bits per heavy atom. The van der Waals surface area contributed by atoms with Gasteiger partial charge in [0, 0.05) is 17.3 Å². The average Bonchev–Trinajstić information content (AvgIpc) is 2.86. The summed E-state index contributed by atoms with van der Waals surface area (Å²) < 4.78 is 16.8. The monoisotopic (exact) mass is 456 g/mol. The first-order valence-electron chi connectivity index (χ1n) is 11.0. The van der Waals surface area contributed by atoms with Gasteiger partial charge < -0.3 is 19.5 Å². The van der Waals surface area contributed by atoms with E-state index in [0.717, 1.165) is 12.0 Å². The highest BCUT2D eigenvalue weighted by Crippen LogP contribution is 2.27. The van der Waals surface area contributed by atoms with Crippen molar-refractivity contribution in [1.82, 2.24) is 0 Å². The van der Waals surface area contributed by atoms with Gasteiger partial charge in [-0.25, -0.2) is 0 Å². The maximum Gasteiger partial charge on any atom is 0.266 e. The van der Waals surface area contributed by atoms with E-state index in [-0.39, 0.29) is 5.57 Å². The quantitative estimate of drug-likeness (QED) is 0.303. The second kappa shape index (κ2) is 12.1. The first kappa shape index (κ1) is 24.4. The van der Waals surface area contributed by atoms with Crippen LogP contribution in [0.25, 0.3) is 6.08 Å². The average molecular weight is 457 g/mol. The number of nitrogens with one attached hydrogen (secondary N) is 1. The molecule has 0 heterocycles. The molecule has 0 fully saturated rings. The van der Waals surface area contributed by atoms with Crippen molar-refractivity contribution in [3.8, 4) is 23.3 Å². The Kier molecular flexibility index (Phi) is 8.70. The lowest BCUT2D eigenvalue weighted by atomic mass is 10.1. The Morgan fingerprint density at radius 3 is 2.35 bits per heavy atom. The minimum atomic E-state index is -0.506. The van der Waals surface area contributed by atoms with Crippen LogP contribution in [0.3, 0.4) is 0 Å². The van der Waals surface area contributed by atoms with Crippen molar-refractivity contribution < 1.29 is 19.0 Å². The van der Waals surface area contributed by atoms with Gasteiger partial charge in [0.1, 0.15) is 35.5 Å². The van der Waals surface area contributed by atoms with E-state index in [1.807, 2.05) is 44.2 Å². The summed E-state index contributed by atoms with van der Waals surface area (Å²) in [5.41, 5.74) is 3.43. The van der Waals surface area contributed by atoms with Crippen LogP contribution in [0, 0.1) is 18.3 Å². The molecule has 3 aromatic rings. The van der Waals surface area contributed by atoms with Crippen LogP contribution >= 0.6 is 0 Å². The summed E-state index contributed by atoms with van der Waals surface area (Å²) in [5.74, 6) is 1.37. The van der Waals surface area contributed by atoms with Gasteiger partial charge in [-0.3, -0.25) is 4.79 Å². The topological polar surface area (TPSA) is 80.6 Å². The van der Waals surface area contributed by atoms with Gasteiger partial charge in [-0.2, -0.15) is 5.26 Å². The zero-order valence-electron chi connectivity index (χ0n) is 19.6. The van der Waals surface area contributed by atoms with Crippen LogP contribution in [-0.4, -0.2) is 19.6 Å². The Hall–Kier alpha value is -4.24. The van der Waals surface area contributed by atoms with Crippen molar-refractivity contribution in [2.75, 3.05) is 19.0 Å². The number of hydrogen-bond acceptors (Lipinski definition) is 5. The Labute approximate surface area is 200 Å². The van der Waals surface area contributed by atoms with Crippen molar-refractivity contribution in [3.63, 3.8) is 0 Å². The molecule has 0 radical (unpaired) electrons. The molecule has 1 amide bonds. The maximum atomic E-state index is 12.7. The minimum Gasteiger partial charge on any atom is -0.497 e. The summed E-state index contributed by atoms with van der Waals surface area (Å²) in [7, 11) is 1.57. The molecule has 6 nitrogen and oxygen atoms in total. The number of hydrogen-bond donors (Lipinski definition) is 1. The fraction of sp³-hybridized carbons (Fsp3) is 0.214. The predicted octanol–water partition coefficient (Wildman–Crippen LogP) is 5.92. The molecule has 3 rings (SSSR count). The van der Waals surface area contributed by atoms with Gasteiger partial charge in [0.25, 0.3) is 5.91 Å². The van der Waals surface area contributed by atoms with Crippen molar-refractivity contribution in [1.29, 1.82) is 5.26 Å². The first-order valence-corrected chi connectivity index (χ1v) is 11.0. The van der Waals surface area contributed by atoms with Crippen LogP contribution in [0.2, 0.25) is 0 Å². The van der Waals surface area contributed by atoms with Crippen molar-refractivity contribution in [2.24, 2.45) is 0 Å². The lowest BCUT2D eigenvalue weighted by Crippen LogP contribution is -2.13. The van der Waals surface area contributed by atoms with E-state index in [1.165, 1.54) is 11.6 Å². The molecule has 0 aromatic heterocycles. The van der Waals surface area contributed by atoms with E-state index >= 15 is 0 Å². The summed E-state index contributed by atoms with van der Waals surface area (Å²) in [4.78, 5) is 12.7. The number of rotatable bonds is 10. The van der Waals surface area contributed by atoms with Gasteiger partial charge >= 0.3 is 0 Å². The molecule has 0 saturated carbocycles. The van der Waals surface area contributed by atoms with Crippen LogP contribution in [0.5, 0.6) is 17.2 Å². The van der Waals surface area contributed by atoms with Gasteiger partial charge in [0.15, 0.2) is 0 Å². The van der Waals surface area contributed by atoms with E-state index in [0.29, 0.717) is 41.7 Å². The third-order valence-electron chi connectivity index (χ3n) is 4.99. The molecule has 6 heteroatoms. The number of anilines is 1. The number of nitriles is 1. The van der Waals surface area contributed by atoms with Crippen molar-refractivity contribution >= 4 is 17.7 Å². The second-order valence-electron chi connectivity index (χ2n) is 7.67. The van der Waals surface area contributed by atoms with Crippen LogP contribution in [-0.2, 0) is 11.4 Å². The van der Waals surface area contributed by atoms with Crippen LogP contribution < -0.4 is 19.5 Å². The summed E-state index contributed by atoms with van der Waals surface area (Å²) in [5, 5.41) is 12.3. The van der Waals surface area contributed by atoms with E-state index in [4.69, 9.17) is 14.2 Å². The molecule has 0 bridgehead atoms. The van der Waals surface area contributed by atoms with Crippen LogP contribution in [0.15, 0.2) is 72.3 Å². The normalized spacial score (nSPS) is 10.8. The van der Waals surface area contributed by atoms with Crippen LogP contribution in [0.1, 0.15) is 30.0 Å². The lowest BCUT2D eigenvalue weighted by molar-refractivity contribution is -0.112. The Bertz CT molecular complexity index is 1180. The minimum absolute atomic E-state index is 0.0359. The highest BCUT2D eigenvalue weighted by molar-refractivity contribution is 6.09. The molecule has 3 aromatic carbocycles. The zero-order chi connectivity index (χ0) is 24.3. The van der Waals surface area contributed by atoms with Gasteiger partial charge in [-0.15, -0.1) is 0 Å². The van der Waals surface area contributed by atoms with E-state index < -0.39 is 5.91 Å². The largest absolute Gasteiger partial charge is 0.497 e.